The predicted octanol–water partition coefficient (Wildman–Crippen LogP) is 3.68. The van der Waals surface area contributed by atoms with Crippen LogP contribution in [0.4, 0.5) is 5.69 Å². The zero-order valence-corrected chi connectivity index (χ0v) is 12.9. The number of hydrogen-bond acceptors (Lipinski definition) is 3. The molecule has 4 nitrogen and oxygen atoms in total. The second-order valence-electron chi connectivity index (χ2n) is 5.01. The molecule has 0 radical (unpaired) electrons. The van der Waals surface area contributed by atoms with Crippen LogP contribution in [0.15, 0.2) is 42.5 Å². The molecule has 1 aliphatic rings. The lowest BCUT2D eigenvalue weighted by molar-refractivity contribution is -0.122. The average molecular weight is 318 g/mol. The first-order valence-corrected chi connectivity index (χ1v) is 7.52. The van der Waals surface area contributed by atoms with E-state index in [4.69, 9.17) is 21.1 Å². The third-order valence-electron chi connectivity index (χ3n) is 3.42. The van der Waals surface area contributed by atoms with Gasteiger partial charge >= 0.3 is 0 Å². The Morgan fingerprint density at radius 2 is 2.09 bits per heavy atom. The van der Waals surface area contributed by atoms with E-state index in [0.717, 1.165) is 17.1 Å². The molecule has 0 saturated heterocycles. The topological polar surface area (TPSA) is 47.6 Å². The highest BCUT2D eigenvalue weighted by atomic mass is 35.5. The van der Waals surface area contributed by atoms with E-state index in [2.05, 4.69) is 5.32 Å². The summed E-state index contributed by atoms with van der Waals surface area (Å²) in [6.45, 7) is 2.54. The summed E-state index contributed by atoms with van der Waals surface area (Å²) in [7, 11) is 0. The third kappa shape index (κ3) is 3.17. The molecule has 1 aliphatic heterocycles. The smallest absolute Gasteiger partial charge is 0.265 e. The van der Waals surface area contributed by atoms with Gasteiger partial charge in [0.25, 0.3) is 5.91 Å². The number of nitrogens with one attached hydrogen (secondary N) is 1. The normalized spacial score (nSPS) is 15.8. The van der Waals surface area contributed by atoms with Crippen molar-refractivity contribution in [3.8, 4) is 11.5 Å². The molecule has 1 N–H and O–H groups in total. The number of halogens is 1. The summed E-state index contributed by atoms with van der Waals surface area (Å²) in [5.41, 5.74) is 1.67. The fraction of sp³-hybridized carbons (Fsp3) is 0.235. The lowest BCUT2D eigenvalue weighted by atomic mass is 10.1. The molecule has 0 fully saturated rings. The number of amides is 1. The molecular weight excluding hydrogens is 302 g/mol. The highest BCUT2D eigenvalue weighted by molar-refractivity contribution is 6.30. The van der Waals surface area contributed by atoms with E-state index in [1.165, 1.54) is 0 Å². The summed E-state index contributed by atoms with van der Waals surface area (Å²) in [5, 5.41) is 3.50. The van der Waals surface area contributed by atoms with Crippen LogP contribution in [-0.2, 0) is 11.2 Å². The fourth-order valence-corrected chi connectivity index (χ4v) is 2.58. The van der Waals surface area contributed by atoms with Crippen molar-refractivity contribution < 1.29 is 14.3 Å². The summed E-state index contributed by atoms with van der Waals surface area (Å²) in [6.07, 6.45) is -0.00120. The van der Waals surface area contributed by atoms with Gasteiger partial charge in [-0.1, -0.05) is 11.6 Å². The van der Waals surface area contributed by atoms with Gasteiger partial charge in [0.1, 0.15) is 11.5 Å². The Kier molecular flexibility index (Phi) is 4.20. The molecule has 0 bridgehead atoms. The quantitative estimate of drug-likeness (QED) is 0.935. The Bertz CT molecular complexity index is 685. The van der Waals surface area contributed by atoms with Crippen molar-refractivity contribution in [2.24, 2.45) is 0 Å². The number of carbonyl (C=O) groups is 1. The molecule has 0 saturated carbocycles. The number of carbonyl (C=O) groups excluding carboxylic acids is 1. The maximum atomic E-state index is 12.3. The number of ether oxygens (including phenoxy) is 2. The summed E-state index contributed by atoms with van der Waals surface area (Å²) < 4.78 is 11.0. The number of anilines is 1. The number of benzene rings is 2. The Hall–Kier alpha value is -2.20. The van der Waals surface area contributed by atoms with Crippen molar-refractivity contribution in [3.63, 3.8) is 0 Å². The SMILES string of the molecule is CCOc1ccc(NC(=O)C2Cc3cc(Cl)ccc3O2)cc1. The Morgan fingerprint density at radius 1 is 1.32 bits per heavy atom. The summed E-state index contributed by atoms with van der Waals surface area (Å²) in [6, 6.07) is 12.6. The van der Waals surface area contributed by atoms with E-state index in [0.29, 0.717) is 23.7 Å². The fourth-order valence-electron chi connectivity index (χ4n) is 2.39. The molecule has 1 atom stereocenters. The minimum Gasteiger partial charge on any atom is -0.494 e. The monoisotopic (exact) mass is 317 g/mol. The van der Waals surface area contributed by atoms with E-state index in [1.54, 1.807) is 12.1 Å². The number of rotatable bonds is 4. The van der Waals surface area contributed by atoms with Crippen LogP contribution in [-0.4, -0.2) is 18.6 Å². The van der Waals surface area contributed by atoms with E-state index < -0.39 is 6.10 Å². The molecular formula is C17H16ClNO3. The molecule has 1 heterocycles. The van der Waals surface area contributed by atoms with Crippen molar-refractivity contribution in [2.75, 3.05) is 11.9 Å². The first-order valence-electron chi connectivity index (χ1n) is 7.14. The standard InChI is InChI=1S/C17H16ClNO3/c1-2-21-14-6-4-13(5-7-14)19-17(20)16-10-11-9-12(18)3-8-15(11)22-16/h3-9,16H,2,10H2,1H3,(H,19,20). The van der Waals surface area contributed by atoms with Crippen molar-refractivity contribution >= 4 is 23.2 Å². The van der Waals surface area contributed by atoms with Crippen molar-refractivity contribution in [1.29, 1.82) is 0 Å². The molecule has 2 aromatic carbocycles. The van der Waals surface area contributed by atoms with Gasteiger partial charge in [0.15, 0.2) is 6.10 Å². The maximum Gasteiger partial charge on any atom is 0.265 e. The lowest BCUT2D eigenvalue weighted by Gasteiger charge is -2.12. The maximum absolute atomic E-state index is 12.3. The van der Waals surface area contributed by atoms with Crippen molar-refractivity contribution in [1.82, 2.24) is 0 Å². The summed E-state index contributed by atoms with van der Waals surface area (Å²) >= 11 is 5.95. The molecule has 0 spiro atoms. The van der Waals surface area contributed by atoms with Gasteiger partial charge in [0, 0.05) is 17.1 Å². The van der Waals surface area contributed by atoms with Gasteiger partial charge < -0.3 is 14.8 Å². The molecule has 1 unspecified atom stereocenters. The van der Waals surface area contributed by atoms with Gasteiger partial charge in [-0.05, 0) is 55.0 Å². The minimum atomic E-state index is -0.528. The predicted molar refractivity (Wildman–Crippen MR) is 85.8 cm³/mol. The van der Waals surface area contributed by atoms with E-state index in [1.807, 2.05) is 37.3 Å². The first kappa shape index (κ1) is 14.7. The number of hydrogen-bond donors (Lipinski definition) is 1. The molecule has 0 aliphatic carbocycles. The zero-order valence-electron chi connectivity index (χ0n) is 12.1. The van der Waals surface area contributed by atoms with E-state index in [-0.39, 0.29) is 5.91 Å². The van der Waals surface area contributed by atoms with E-state index >= 15 is 0 Å². The molecule has 22 heavy (non-hydrogen) atoms. The molecule has 0 aromatic heterocycles. The van der Waals surface area contributed by atoms with Crippen molar-refractivity contribution in [2.45, 2.75) is 19.4 Å². The van der Waals surface area contributed by atoms with Gasteiger partial charge in [-0.2, -0.15) is 0 Å². The van der Waals surface area contributed by atoms with Crippen LogP contribution < -0.4 is 14.8 Å². The third-order valence-corrected chi connectivity index (χ3v) is 3.66. The first-order chi connectivity index (χ1) is 10.7. The highest BCUT2D eigenvalue weighted by Gasteiger charge is 2.29. The number of fused-ring (bicyclic) bond motifs is 1. The molecule has 2 aromatic rings. The van der Waals surface area contributed by atoms with Crippen LogP contribution >= 0.6 is 11.6 Å². The Balaban J connectivity index is 1.63. The van der Waals surface area contributed by atoms with Crippen LogP contribution in [0, 0.1) is 0 Å². The van der Waals surface area contributed by atoms with Gasteiger partial charge in [-0.3, -0.25) is 4.79 Å². The average Bonchev–Trinajstić information content (AvgIpc) is 2.92. The molecule has 5 heteroatoms. The molecule has 1 amide bonds. The summed E-state index contributed by atoms with van der Waals surface area (Å²) in [4.78, 5) is 12.3. The molecule has 114 valence electrons. The van der Waals surface area contributed by atoms with Gasteiger partial charge in [-0.25, -0.2) is 0 Å². The van der Waals surface area contributed by atoms with Crippen molar-refractivity contribution in [3.05, 3.63) is 53.1 Å². The largest absolute Gasteiger partial charge is 0.494 e. The van der Waals surface area contributed by atoms with Crippen LogP contribution in [0.1, 0.15) is 12.5 Å². The van der Waals surface area contributed by atoms with Gasteiger partial charge in [-0.15, -0.1) is 0 Å². The second kappa shape index (κ2) is 6.28. The van der Waals surface area contributed by atoms with Gasteiger partial charge in [0.2, 0.25) is 0 Å². The van der Waals surface area contributed by atoms with Crippen LogP contribution in [0.25, 0.3) is 0 Å². The summed E-state index contributed by atoms with van der Waals surface area (Å²) in [5.74, 6) is 1.33. The van der Waals surface area contributed by atoms with Gasteiger partial charge in [0.05, 0.1) is 6.61 Å². The molecule has 3 rings (SSSR count). The van der Waals surface area contributed by atoms with Crippen LogP contribution in [0.5, 0.6) is 11.5 Å². The highest BCUT2D eigenvalue weighted by Crippen LogP contribution is 2.31. The Labute approximate surface area is 134 Å². The van der Waals surface area contributed by atoms with Crippen LogP contribution in [0.2, 0.25) is 5.02 Å². The Morgan fingerprint density at radius 3 is 2.82 bits per heavy atom. The second-order valence-corrected chi connectivity index (χ2v) is 5.45. The van der Waals surface area contributed by atoms with E-state index in [9.17, 15) is 4.79 Å². The minimum absolute atomic E-state index is 0.170. The lowest BCUT2D eigenvalue weighted by Crippen LogP contribution is -2.31. The zero-order chi connectivity index (χ0) is 15.5. The van der Waals surface area contributed by atoms with Crippen LogP contribution in [0.3, 0.4) is 0 Å².